The Bertz CT molecular complexity index is 342. The Morgan fingerprint density at radius 2 is 2.21 bits per heavy atom. The van der Waals surface area contributed by atoms with E-state index in [0.29, 0.717) is 31.8 Å². The van der Waals surface area contributed by atoms with Gasteiger partial charge in [0.05, 0.1) is 12.5 Å². The van der Waals surface area contributed by atoms with Crippen LogP contribution in [-0.4, -0.2) is 54.4 Å². The number of piperidine rings is 1. The second-order valence-corrected chi connectivity index (χ2v) is 5.52. The number of likely N-dealkylation sites (tertiary alicyclic amines) is 1. The fraction of sp³-hybridized carbons (Fsp3) is 0.846. The number of urea groups is 1. The summed E-state index contributed by atoms with van der Waals surface area (Å²) in [7, 11) is 0. The minimum Gasteiger partial charge on any atom is -0.481 e. The van der Waals surface area contributed by atoms with Crippen LogP contribution in [0.15, 0.2) is 0 Å². The monoisotopic (exact) mass is 270 g/mol. The number of ether oxygens (including phenoxy) is 1. The average molecular weight is 270 g/mol. The molecule has 0 bridgehead atoms. The molecule has 2 aliphatic rings. The molecule has 0 spiro atoms. The zero-order valence-corrected chi connectivity index (χ0v) is 11.3. The molecule has 2 amide bonds. The van der Waals surface area contributed by atoms with Gasteiger partial charge in [-0.2, -0.15) is 0 Å². The third kappa shape index (κ3) is 3.59. The summed E-state index contributed by atoms with van der Waals surface area (Å²) in [6.07, 6.45) is 2.08. The first-order valence-corrected chi connectivity index (χ1v) is 6.93. The molecule has 0 aromatic heterocycles. The van der Waals surface area contributed by atoms with Crippen LogP contribution in [0.4, 0.5) is 4.79 Å². The smallest absolute Gasteiger partial charge is 0.317 e. The van der Waals surface area contributed by atoms with E-state index in [-0.39, 0.29) is 18.0 Å². The highest BCUT2D eigenvalue weighted by Gasteiger charge is 2.32. The molecule has 0 aromatic carbocycles. The fourth-order valence-corrected chi connectivity index (χ4v) is 2.78. The predicted molar refractivity (Wildman–Crippen MR) is 68.9 cm³/mol. The second-order valence-electron chi connectivity index (χ2n) is 5.52. The Labute approximate surface area is 113 Å². The van der Waals surface area contributed by atoms with Crippen molar-refractivity contribution in [3.63, 3.8) is 0 Å². The van der Waals surface area contributed by atoms with Crippen LogP contribution in [0.2, 0.25) is 0 Å². The lowest BCUT2D eigenvalue weighted by Crippen LogP contribution is -2.50. The Morgan fingerprint density at radius 3 is 2.79 bits per heavy atom. The highest BCUT2D eigenvalue weighted by atomic mass is 16.5. The largest absolute Gasteiger partial charge is 0.481 e. The number of carbonyl (C=O) groups is 2. The molecule has 19 heavy (non-hydrogen) atoms. The highest BCUT2D eigenvalue weighted by Crippen LogP contribution is 2.23. The van der Waals surface area contributed by atoms with Gasteiger partial charge >= 0.3 is 12.0 Å². The maximum Gasteiger partial charge on any atom is 0.317 e. The van der Waals surface area contributed by atoms with Gasteiger partial charge in [0.15, 0.2) is 0 Å². The molecule has 108 valence electrons. The number of nitrogens with one attached hydrogen (secondary N) is 1. The van der Waals surface area contributed by atoms with Crippen molar-refractivity contribution in [1.29, 1.82) is 0 Å². The predicted octanol–water partition coefficient (Wildman–Crippen LogP) is 0.918. The van der Waals surface area contributed by atoms with Gasteiger partial charge in [0.2, 0.25) is 0 Å². The normalized spacial score (nSPS) is 31.2. The van der Waals surface area contributed by atoms with Gasteiger partial charge in [0.25, 0.3) is 0 Å². The third-order valence-corrected chi connectivity index (χ3v) is 4.05. The number of aliphatic carboxylic acids is 1. The molecule has 0 radical (unpaired) electrons. The van der Waals surface area contributed by atoms with Gasteiger partial charge in [-0.25, -0.2) is 4.79 Å². The van der Waals surface area contributed by atoms with Gasteiger partial charge in [-0.3, -0.25) is 4.79 Å². The van der Waals surface area contributed by atoms with E-state index in [4.69, 9.17) is 9.84 Å². The Kier molecular flexibility index (Phi) is 4.63. The van der Waals surface area contributed by atoms with Crippen molar-refractivity contribution in [1.82, 2.24) is 10.2 Å². The maximum absolute atomic E-state index is 12.1. The summed E-state index contributed by atoms with van der Waals surface area (Å²) in [6.45, 7) is 4.57. The van der Waals surface area contributed by atoms with Crippen molar-refractivity contribution in [3.8, 4) is 0 Å². The maximum atomic E-state index is 12.1. The molecular formula is C13H22N2O4. The molecule has 6 nitrogen and oxygen atoms in total. The van der Waals surface area contributed by atoms with E-state index in [1.807, 2.05) is 6.92 Å². The fourth-order valence-electron chi connectivity index (χ4n) is 2.78. The van der Waals surface area contributed by atoms with Gasteiger partial charge in [0.1, 0.15) is 0 Å². The third-order valence-electron chi connectivity index (χ3n) is 4.05. The number of hydrogen-bond acceptors (Lipinski definition) is 3. The standard InChI is InChI=1S/C13H22N2O4/c1-9-6-11(12(16)17)2-4-15(9)13(18)14-7-10-3-5-19-8-10/h9-11H,2-8H2,1H3,(H,14,18)(H,16,17). The number of rotatable bonds is 3. The lowest BCUT2D eigenvalue weighted by molar-refractivity contribution is -0.143. The lowest BCUT2D eigenvalue weighted by Gasteiger charge is -2.36. The van der Waals surface area contributed by atoms with E-state index in [0.717, 1.165) is 19.6 Å². The molecule has 0 aromatic rings. The molecule has 2 fully saturated rings. The Balaban J connectivity index is 1.77. The van der Waals surface area contributed by atoms with Crippen molar-refractivity contribution >= 4 is 12.0 Å². The SMILES string of the molecule is CC1CC(C(=O)O)CCN1C(=O)NCC1CCOC1. The van der Waals surface area contributed by atoms with E-state index in [2.05, 4.69) is 5.32 Å². The van der Waals surface area contributed by atoms with Crippen molar-refractivity contribution in [3.05, 3.63) is 0 Å². The van der Waals surface area contributed by atoms with Crippen LogP contribution in [0.25, 0.3) is 0 Å². The number of amides is 2. The highest BCUT2D eigenvalue weighted by molar-refractivity contribution is 5.75. The Hall–Kier alpha value is -1.30. The van der Waals surface area contributed by atoms with E-state index >= 15 is 0 Å². The summed E-state index contributed by atoms with van der Waals surface area (Å²) in [4.78, 5) is 24.8. The van der Waals surface area contributed by atoms with Gasteiger partial charge in [-0.05, 0) is 26.2 Å². The van der Waals surface area contributed by atoms with E-state index in [1.54, 1.807) is 4.90 Å². The van der Waals surface area contributed by atoms with Crippen LogP contribution in [-0.2, 0) is 9.53 Å². The van der Waals surface area contributed by atoms with Crippen LogP contribution >= 0.6 is 0 Å². The summed E-state index contributed by atoms with van der Waals surface area (Å²) >= 11 is 0. The minimum atomic E-state index is -0.755. The lowest BCUT2D eigenvalue weighted by atomic mass is 9.92. The van der Waals surface area contributed by atoms with Crippen molar-refractivity contribution < 1.29 is 19.4 Å². The van der Waals surface area contributed by atoms with Crippen LogP contribution in [0.5, 0.6) is 0 Å². The average Bonchev–Trinajstić information content (AvgIpc) is 2.88. The molecule has 0 saturated carbocycles. The van der Waals surface area contributed by atoms with Gasteiger partial charge < -0.3 is 20.1 Å². The molecule has 2 N–H and O–H groups in total. The zero-order valence-electron chi connectivity index (χ0n) is 11.3. The van der Waals surface area contributed by atoms with Crippen LogP contribution in [0.3, 0.4) is 0 Å². The topological polar surface area (TPSA) is 78.9 Å². The van der Waals surface area contributed by atoms with Crippen molar-refractivity contribution in [2.75, 3.05) is 26.3 Å². The van der Waals surface area contributed by atoms with Crippen molar-refractivity contribution in [2.45, 2.75) is 32.2 Å². The van der Waals surface area contributed by atoms with Crippen LogP contribution in [0.1, 0.15) is 26.2 Å². The zero-order chi connectivity index (χ0) is 13.8. The van der Waals surface area contributed by atoms with E-state index in [9.17, 15) is 9.59 Å². The number of hydrogen-bond donors (Lipinski definition) is 2. The number of nitrogens with zero attached hydrogens (tertiary/aromatic N) is 1. The van der Waals surface area contributed by atoms with Crippen LogP contribution in [0, 0.1) is 11.8 Å². The van der Waals surface area contributed by atoms with E-state index in [1.165, 1.54) is 0 Å². The van der Waals surface area contributed by atoms with Crippen LogP contribution < -0.4 is 5.32 Å². The van der Waals surface area contributed by atoms with Gasteiger partial charge in [-0.1, -0.05) is 0 Å². The summed E-state index contributed by atoms with van der Waals surface area (Å²) in [5, 5.41) is 11.9. The minimum absolute atomic E-state index is 0.0188. The van der Waals surface area contributed by atoms with Gasteiger partial charge in [-0.15, -0.1) is 0 Å². The first-order valence-electron chi connectivity index (χ1n) is 6.93. The van der Waals surface area contributed by atoms with Crippen molar-refractivity contribution in [2.24, 2.45) is 11.8 Å². The molecule has 3 atom stereocenters. The summed E-state index contributed by atoms with van der Waals surface area (Å²) < 4.78 is 5.27. The second kappa shape index (κ2) is 6.23. The summed E-state index contributed by atoms with van der Waals surface area (Å²) in [5.41, 5.74) is 0. The first kappa shape index (κ1) is 14.1. The summed E-state index contributed by atoms with van der Waals surface area (Å²) in [6, 6.07) is -0.0992. The molecule has 0 aliphatic carbocycles. The molecule has 2 rings (SSSR count). The number of carboxylic acid groups (broad SMARTS) is 1. The molecule has 2 aliphatic heterocycles. The molecule has 3 unspecified atom stereocenters. The van der Waals surface area contributed by atoms with E-state index < -0.39 is 5.97 Å². The number of carboxylic acids is 1. The summed E-state index contributed by atoms with van der Waals surface area (Å²) in [5.74, 6) is -0.659. The molecule has 2 saturated heterocycles. The molecule has 6 heteroatoms. The van der Waals surface area contributed by atoms with Gasteiger partial charge in [0, 0.05) is 31.7 Å². The quantitative estimate of drug-likeness (QED) is 0.799. The number of carbonyl (C=O) groups excluding carboxylic acids is 1. The molecule has 2 heterocycles. The Morgan fingerprint density at radius 1 is 1.42 bits per heavy atom. The first-order chi connectivity index (χ1) is 9.08. The molecular weight excluding hydrogens is 248 g/mol.